The molecule has 1 aliphatic rings. The fourth-order valence-electron chi connectivity index (χ4n) is 2.64. The summed E-state index contributed by atoms with van der Waals surface area (Å²) in [7, 11) is 4.55. The molecule has 0 N–H and O–H groups in total. The lowest BCUT2D eigenvalue weighted by molar-refractivity contribution is 0.0494. The molecule has 0 unspecified atom stereocenters. The van der Waals surface area contributed by atoms with Gasteiger partial charge in [0.05, 0.1) is 39.1 Å². The van der Waals surface area contributed by atoms with Crippen LogP contribution < -0.4 is 14.2 Å². The SMILES string of the molecule is COc1ccc(C(=O)N2CC(n3ccnn3)C2)c(OC)c1OC. The number of carbonyl (C=O) groups is 1. The van der Waals surface area contributed by atoms with Gasteiger partial charge in [-0.05, 0) is 12.1 Å². The van der Waals surface area contributed by atoms with Gasteiger partial charge >= 0.3 is 0 Å². The van der Waals surface area contributed by atoms with Gasteiger partial charge in [0.15, 0.2) is 11.5 Å². The molecule has 0 spiro atoms. The van der Waals surface area contributed by atoms with E-state index in [2.05, 4.69) is 10.3 Å². The van der Waals surface area contributed by atoms with Crippen molar-refractivity contribution in [3.8, 4) is 17.2 Å². The first-order valence-corrected chi connectivity index (χ1v) is 7.13. The third kappa shape index (κ3) is 2.56. The summed E-state index contributed by atoms with van der Waals surface area (Å²) in [6.45, 7) is 1.17. The lowest BCUT2D eigenvalue weighted by atomic mass is 10.1. The summed E-state index contributed by atoms with van der Waals surface area (Å²) < 4.78 is 17.7. The Morgan fingerprint density at radius 1 is 1.13 bits per heavy atom. The number of hydrogen-bond donors (Lipinski definition) is 0. The van der Waals surface area contributed by atoms with E-state index >= 15 is 0 Å². The predicted molar refractivity (Wildman–Crippen MR) is 81.1 cm³/mol. The van der Waals surface area contributed by atoms with Crippen molar-refractivity contribution in [3.63, 3.8) is 0 Å². The van der Waals surface area contributed by atoms with E-state index in [1.54, 1.807) is 34.1 Å². The average Bonchev–Trinajstić information content (AvgIpc) is 3.05. The Kier molecular flexibility index (Phi) is 4.05. The molecule has 1 fully saturated rings. The van der Waals surface area contributed by atoms with Crippen molar-refractivity contribution in [1.29, 1.82) is 0 Å². The average molecular weight is 318 g/mol. The zero-order valence-corrected chi connectivity index (χ0v) is 13.2. The van der Waals surface area contributed by atoms with Gasteiger partial charge in [-0.3, -0.25) is 4.79 Å². The van der Waals surface area contributed by atoms with Crippen LogP contribution in [0.1, 0.15) is 16.4 Å². The van der Waals surface area contributed by atoms with Crippen molar-refractivity contribution >= 4 is 5.91 Å². The molecule has 0 aliphatic carbocycles. The third-order valence-corrected chi connectivity index (χ3v) is 3.90. The van der Waals surface area contributed by atoms with Crippen molar-refractivity contribution in [2.45, 2.75) is 6.04 Å². The highest BCUT2D eigenvalue weighted by atomic mass is 16.5. The summed E-state index contributed by atoms with van der Waals surface area (Å²) in [5.41, 5.74) is 0.446. The Morgan fingerprint density at radius 2 is 1.87 bits per heavy atom. The van der Waals surface area contributed by atoms with E-state index in [1.165, 1.54) is 21.3 Å². The molecule has 3 rings (SSSR count). The molecule has 2 aromatic rings. The fourth-order valence-corrected chi connectivity index (χ4v) is 2.64. The molecule has 0 bridgehead atoms. The second kappa shape index (κ2) is 6.15. The van der Waals surface area contributed by atoms with Crippen LogP contribution in [0, 0.1) is 0 Å². The van der Waals surface area contributed by atoms with E-state index in [9.17, 15) is 4.79 Å². The second-order valence-electron chi connectivity index (χ2n) is 5.13. The van der Waals surface area contributed by atoms with Crippen molar-refractivity contribution in [1.82, 2.24) is 19.9 Å². The van der Waals surface area contributed by atoms with E-state index in [0.717, 1.165) is 0 Å². The molecule has 0 atom stereocenters. The van der Waals surface area contributed by atoms with Gasteiger partial charge in [-0.1, -0.05) is 5.21 Å². The Bertz CT molecular complexity index is 696. The topological polar surface area (TPSA) is 78.7 Å². The highest BCUT2D eigenvalue weighted by Gasteiger charge is 2.35. The van der Waals surface area contributed by atoms with E-state index in [1.807, 2.05) is 0 Å². The summed E-state index contributed by atoms with van der Waals surface area (Å²) in [5.74, 6) is 1.19. The number of amides is 1. The first kappa shape index (κ1) is 15.1. The van der Waals surface area contributed by atoms with Crippen LogP contribution in [0.25, 0.3) is 0 Å². The highest BCUT2D eigenvalue weighted by Crippen LogP contribution is 2.40. The van der Waals surface area contributed by atoms with Crippen molar-refractivity contribution in [3.05, 3.63) is 30.1 Å². The minimum absolute atomic E-state index is 0.112. The van der Waals surface area contributed by atoms with Gasteiger partial charge in [0.25, 0.3) is 5.91 Å². The van der Waals surface area contributed by atoms with Crippen LogP contribution in [0.15, 0.2) is 24.5 Å². The molecule has 1 aromatic carbocycles. The standard InChI is InChI=1S/C15H18N4O4/c1-21-12-5-4-11(13(22-2)14(12)23-3)15(20)18-8-10(9-18)19-7-6-16-17-19/h4-7,10H,8-9H2,1-3H3. The summed E-state index contributed by atoms with van der Waals surface area (Å²) in [4.78, 5) is 14.4. The molecule has 1 saturated heterocycles. The molecule has 1 aromatic heterocycles. The highest BCUT2D eigenvalue weighted by molar-refractivity contribution is 5.98. The second-order valence-corrected chi connectivity index (χ2v) is 5.13. The Balaban J connectivity index is 1.81. The largest absolute Gasteiger partial charge is 0.493 e. The van der Waals surface area contributed by atoms with Gasteiger partial charge in [0.2, 0.25) is 5.75 Å². The molecule has 8 heteroatoms. The predicted octanol–water partition coefficient (Wildman–Crippen LogP) is 1.00. The number of methoxy groups -OCH3 is 3. The number of ether oxygens (including phenoxy) is 3. The maximum Gasteiger partial charge on any atom is 0.257 e. The normalized spacial score (nSPS) is 14.3. The zero-order chi connectivity index (χ0) is 16.4. The van der Waals surface area contributed by atoms with Gasteiger partial charge in [-0.25, -0.2) is 4.68 Å². The first-order valence-electron chi connectivity index (χ1n) is 7.13. The Hall–Kier alpha value is -2.77. The number of rotatable bonds is 5. The van der Waals surface area contributed by atoms with Crippen LogP contribution in [-0.2, 0) is 0 Å². The molecule has 8 nitrogen and oxygen atoms in total. The van der Waals surface area contributed by atoms with Gasteiger partial charge in [-0.15, -0.1) is 5.10 Å². The van der Waals surface area contributed by atoms with E-state index in [4.69, 9.17) is 14.2 Å². The summed E-state index contributed by atoms with van der Waals surface area (Å²) >= 11 is 0. The van der Waals surface area contributed by atoms with Crippen molar-refractivity contribution < 1.29 is 19.0 Å². The molecular formula is C15H18N4O4. The summed E-state index contributed by atoms with van der Waals surface area (Å²) in [6, 6.07) is 3.54. The smallest absolute Gasteiger partial charge is 0.257 e. The minimum atomic E-state index is -0.112. The van der Waals surface area contributed by atoms with Crippen molar-refractivity contribution in [2.75, 3.05) is 34.4 Å². The first-order chi connectivity index (χ1) is 11.2. The zero-order valence-electron chi connectivity index (χ0n) is 13.2. The molecular weight excluding hydrogens is 300 g/mol. The third-order valence-electron chi connectivity index (χ3n) is 3.90. The van der Waals surface area contributed by atoms with Gasteiger partial charge < -0.3 is 19.1 Å². The molecule has 1 aliphatic heterocycles. The number of nitrogens with zero attached hydrogens (tertiary/aromatic N) is 4. The van der Waals surface area contributed by atoms with Crippen LogP contribution in [0.4, 0.5) is 0 Å². The fraction of sp³-hybridized carbons (Fsp3) is 0.400. The van der Waals surface area contributed by atoms with E-state index in [0.29, 0.717) is 35.9 Å². The maximum absolute atomic E-state index is 12.7. The van der Waals surface area contributed by atoms with Gasteiger partial charge in [-0.2, -0.15) is 0 Å². The van der Waals surface area contributed by atoms with Crippen LogP contribution >= 0.6 is 0 Å². The maximum atomic E-state index is 12.7. The van der Waals surface area contributed by atoms with Crippen molar-refractivity contribution in [2.24, 2.45) is 0 Å². The van der Waals surface area contributed by atoms with Crippen LogP contribution in [-0.4, -0.2) is 60.2 Å². The monoisotopic (exact) mass is 318 g/mol. The molecule has 122 valence electrons. The minimum Gasteiger partial charge on any atom is -0.493 e. The number of carbonyl (C=O) groups excluding carboxylic acids is 1. The van der Waals surface area contributed by atoms with E-state index in [-0.39, 0.29) is 11.9 Å². The lowest BCUT2D eigenvalue weighted by Gasteiger charge is -2.39. The van der Waals surface area contributed by atoms with Crippen LogP contribution in [0.2, 0.25) is 0 Å². The number of likely N-dealkylation sites (tertiary alicyclic amines) is 1. The Labute approximate surface area is 133 Å². The molecule has 0 saturated carbocycles. The molecule has 2 heterocycles. The van der Waals surface area contributed by atoms with Crippen LogP contribution in [0.3, 0.4) is 0 Å². The van der Waals surface area contributed by atoms with Crippen LogP contribution in [0.5, 0.6) is 17.2 Å². The summed E-state index contributed by atoms with van der Waals surface area (Å²) in [6.07, 6.45) is 3.42. The number of aromatic nitrogens is 3. The summed E-state index contributed by atoms with van der Waals surface area (Å²) in [5, 5.41) is 7.74. The van der Waals surface area contributed by atoms with Gasteiger partial charge in [0.1, 0.15) is 0 Å². The number of benzene rings is 1. The Morgan fingerprint density at radius 3 is 2.43 bits per heavy atom. The molecule has 1 amide bonds. The quantitative estimate of drug-likeness (QED) is 0.818. The molecule has 0 radical (unpaired) electrons. The van der Waals surface area contributed by atoms with E-state index < -0.39 is 0 Å². The lowest BCUT2D eigenvalue weighted by Crippen LogP contribution is -2.51. The molecule has 23 heavy (non-hydrogen) atoms. The number of hydrogen-bond acceptors (Lipinski definition) is 6. The van der Waals surface area contributed by atoms with Gasteiger partial charge in [0, 0.05) is 19.3 Å².